The molecule has 5 nitrogen and oxygen atoms in total. The first-order valence-corrected chi connectivity index (χ1v) is 8.43. The molecule has 1 heterocycles. The maximum absolute atomic E-state index is 13.8. The fraction of sp³-hybridized carbons (Fsp3) is 0.150. The maximum atomic E-state index is 13.8. The first kappa shape index (κ1) is 17.1. The summed E-state index contributed by atoms with van der Waals surface area (Å²) < 4.78 is 27.7. The number of aromatic nitrogens is 2. The number of carboxylic acids is 1. The molecule has 1 fully saturated rings. The van der Waals surface area contributed by atoms with Gasteiger partial charge in [0.1, 0.15) is 11.6 Å². The molecule has 1 saturated carbocycles. The minimum absolute atomic E-state index is 0.0845. The average molecular weight is 367 g/mol. The number of anilines is 2. The largest absolute Gasteiger partial charge is 0.478 e. The summed E-state index contributed by atoms with van der Waals surface area (Å²) in [5, 5.41) is 12.4. The van der Waals surface area contributed by atoms with Crippen molar-refractivity contribution in [3.8, 4) is 11.4 Å². The van der Waals surface area contributed by atoms with Gasteiger partial charge in [0.2, 0.25) is 0 Å². The number of hydrogen-bond donors (Lipinski definition) is 2. The molecule has 2 aromatic carbocycles. The van der Waals surface area contributed by atoms with Crippen molar-refractivity contribution >= 4 is 17.3 Å². The molecule has 2 N–H and O–H groups in total. The molecule has 4 rings (SSSR count). The minimum Gasteiger partial charge on any atom is -0.478 e. The highest BCUT2D eigenvalue weighted by Crippen LogP contribution is 2.41. The average Bonchev–Trinajstić information content (AvgIpc) is 3.48. The summed E-state index contributed by atoms with van der Waals surface area (Å²) in [5.41, 5.74) is 1.68. The highest BCUT2D eigenvalue weighted by Gasteiger charge is 2.25. The lowest BCUT2D eigenvalue weighted by Crippen LogP contribution is -2.04. The Morgan fingerprint density at radius 3 is 2.33 bits per heavy atom. The fourth-order valence-electron chi connectivity index (χ4n) is 2.91. The van der Waals surface area contributed by atoms with Gasteiger partial charge in [0.25, 0.3) is 0 Å². The first-order valence-electron chi connectivity index (χ1n) is 8.43. The standard InChI is InChI=1S/C20H15F2N3O2/c21-15-2-1-3-16(22)18(15)19-23-9-13(10-24-19)25-17-7-6-12(11-4-5-11)8-14(17)20(26)27/h1-3,6-11,25H,4-5H2,(H,26,27). The summed E-state index contributed by atoms with van der Waals surface area (Å²) in [7, 11) is 0. The lowest BCUT2D eigenvalue weighted by atomic mass is 10.0. The second kappa shape index (κ2) is 6.75. The van der Waals surface area contributed by atoms with Crippen LogP contribution in [0.2, 0.25) is 0 Å². The molecule has 1 aromatic heterocycles. The Kier molecular flexibility index (Phi) is 4.27. The van der Waals surface area contributed by atoms with E-state index in [2.05, 4.69) is 15.3 Å². The van der Waals surface area contributed by atoms with Crippen molar-refractivity contribution < 1.29 is 18.7 Å². The van der Waals surface area contributed by atoms with Crippen LogP contribution in [0.25, 0.3) is 11.4 Å². The van der Waals surface area contributed by atoms with Gasteiger partial charge in [0.05, 0.1) is 34.9 Å². The Bertz CT molecular complexity index is 998. The van der Waals surface area contributed by atoms with Crippen LogP contribution in [-0.4, -0.2) is 21.0 Å². The van der Waals surface area contributed by atoms with Crippen molar-refractivity contribution in [2.45, 2.75) is 18.8 Å². The predicted octanol–water partition coefficient (Wildman–Crippen LogP) is 4.74. The third kappa shape index (κ3) is 3.48. The Labute approximate surface area is 153 Å². The van der Waals surface area contributed by atoms with Crippen molar-refractivity contribution in [2.75, 3.05) is 5.32 Å². The summed E-state index contributed by atoms with van der Waals surface area (Å²) in [6.45, 7) is 0. The molecule has 0 unspecified atom stereocenters. The van der Waals surface area contributed by atoms with Gasteiger partial charge in [-0.2, -0.15) is 0 Å². The summed E-state index contributed by atoms with van der Waals surface area (Å²) in [6, 6.07) is 8.82. The van der Waals surface area contributed by atoms with E-state index in [1.165, 1.54) is 18.5 Å². The van der Waals surface area contributed by atoms with E-state index in [-0.39, 0.29) is 17.0 Å². The molecule has 0 aliphatic heterocycles. The van der Waals surface area contributed by atoms with E-state index in [0.717, 1.165) is 30.5 Å². The normalized spacial score (nSPS) is 13.4. The van der Waals surface area contributed by atoms with Crippen LogP contribution in [0, 0.1) is 11.6 Å². The van der Waals surface area contributed by atoms with E-state index >= 15 is 0 Å². The zero-order valence-electron chi connectivity index (χ0n) is 14.1. The van der Waals surface area contributed by atoms with Gasteiger partial charge in [-0.15, -0.1) is 0 Å². The number of nitrogens with zero attached hydrogens (tertiary/aromatic N) is 2. The van der Waals surface area contributed by atoms with E-state index < -0.39 is 17.6 Å². The van der Waals surface area contributed by atoms with Gasteiger partial charge in [-0.1, -0.05) is 12.1 Å². The summed E-state index contributed by atoms with van der Waals surface area (Å²) >= 11 is 0. The van der Waals surface area contributed by atoms with E-state index in [9.17, 15) is 18.7 Å². The van der Waals surface area contributed by atoms with Crippen LogP contribution >= 0.6 is 0 Å². The van der Waals surface area contributed by atoms with Crippen LogP contribution in [0.3, 0.4) is 0 Å². The van der Waals surface area contributed by atoms with E-state index in [1.54, 1.807) is 12.1 Å². The second-order valence-electron chi connectivity index (χ2n) is 6.40. The number of benzene rings is 2. The van der Waals surface area contributed by atoms with Crippen LogP contribution in [-0.2, 0) is 0 Å². The Morgan fingerprint density at radius 2 is 1.74 bits per heavy atom. The van der Waals surface area contributed by atoms with E-state index in [4.69, 9.17) is 0 Å². The molecule has 0 amide bonds. The summed E-state index contributed by atoms with van der Waals surface area (Å²) in [5.74, 6) is -2.18. The Balaban J connectivity index is 1.61. The summed E-state index contributed by atoms with van der Waals surface area (Å²) in [6.07, 6.45) is 4.87. The number of carbonyl (C=O) groups is 1. The molecule has 0 bridgehead atoms. The van der Waals surface area contributed by atoms with Gasteiger partial charge in [-0.3, -0.25) is 0 Å². The zero-order chi connectivity index (χ0) is 19.0. The fourth-order valence-corrected chi connectivity index (χ4v) is 2.91. The molecule has 7 heteroatoms. The number of carboxylic acid groups (broad SMARTS) is 1. The van der Waals surface area contributed by atoms with Gasteiger partial charge in [0, 0.05) is 0 Å². The van der Waals surface area contributed by atoms with E-state index in [0.29, 0.717) is 17.3 Å². The lowest BCUT2D eigenvalue weighted by molar-refractivity contribution is 0.0698. The van der Waals surface area contributed by atoms with Crippen LogP contribution in [0.5, 0.6) is 0 Å². The Hall–Kier alpha value is -3.35. The molecule has 0 atom stereocenters. The molecule has 1 aliphatic rings. The van der Waals surface area contributed by atoms with Crippen molar-refractivity contribution in [1.29, 1.82) is 0 Å². The van der Waals surface area contributed by atoms with Crippen molar-refractivity contribution in [3.63, 3.8) is 0 Å². The number of aromatic carboxylic acids is 1. The smallest absolute Gasteiger partial charge is 0.337 e. The third-order valence-corrected chi connectivity index (χ3v) is 4.44. The number of nitrogens with one attached hydrogen (secondary N) is 1. The Morgan fingerprint density at radius 1 is 1.07 bits per heavy atom. The molecule has 0 spiro atoms. The third-order valence-electron chi connectivity index (χ3n) is 4.44. The highest BCUT2D eigenvalue weighted by atomic mass is 19.1. The van der Waals surface area contributed by atoms with Gasteiger partial charge in [-0.05, 0) is 48.6 Å². The molecule has 3 aromatic rings. The van der Waals surface area contributed by atoms with E-state index in [1.807, 2.05) is 6.07 Å². The maximum Gasteiger partial charge on any atom is 0.337 e. The van der Waals surface area contributed by atoms with Crippen molar-refractivity contribution in [2.24, 2.45) is 0 Å². The predicted molar refractivity (Wildman–Crippen MR) is 96.0 cm³/mol. The van der Waals surface area contributed by atoms with Crippen LogP contribution in [0.4, 0.5) is 20.2 Å². The second-order valence-corrected chi connectivity index (χ2v) is 6.40. The zero-order valence-corrected chi connectivity index (χ0v) is 14.1. The lowest BCUT2D eigenvalue weighted by Gasteiger charge is -2.11. The molecule has 136 valence electrons. The van der Waals surface area contributed by atoms with Gasteiger partial charge >= 0.3 is 5.97 Å². The van der Waals surface area contributed by atoms with Crippen LogP contribution in [0.15, 0.2) is 48.8 Å². The first-order chi connectivity index (χ1) is 13.0. The number of rotatable bonds is 5. The van der Waals surface area contributed by atoms with Gasteiger partial charge in [0.15, 0.2) is 5.82 Å². The molecule has 27 heavy (non-hydrogen) atoms. The highest BCUT2D eigenvalue weighted by molar-refractivity contribution is 5.95. The SMILES string of the molecule is O=C(O)c1cc(C2CC2)ccc1Nc1cnc(-c2c(F)cccc2F)nc1. The topological polar surface area (TPSA) is 75.1 Å². The van der Waals surface area contributed by atoms with Crippen LogP contribution in [0.1, 0.15) is 34.7 Å². The number of halogens is 2. The molecular weight excluding hydrogens is 352 g/mol. The van der Waals surface area contributed by atoms with Crippen molar-refractivity contribution in [1.82, 2.24) is 9.97 Å². The monoisotopic (exact) mass is 367 g/mol. The van der Waals surface area contributed by atoms with Crippen molar-refractivity contribution in [3.05, 3.63) is 71.6 Å². The number of hydrogen-bond acceptors (Lipinski definition) is 4. The van der Waals surface area contributed by atoms with Gasteiger partial charge in [-0.25, -0.2) is 23.5 Å². The molecule has 0 radical (unpaired) electrons. The quantitative estimate of drug-likeness (QED) is 0.681. The molecular formula is C20H15F2N3O2. The molecule has 1 aliphatic carbocycles. The van der Waals surface area contributed by atoms with Crippen LogP contribution < -0.4 is 5.32 Å². The van der Waals surface area contributed by atoms with Gasteiger partial charge < -0.3 is 10.4 Å². The molecule has 0 saturated heterocycles. The summed E-state index contributed by atoms with van der Waals surface area (Å²) in [4.78, 5) is 19.6. The minimum atomic E-state index is -1.04.